The molecular weight excluding hydrogens is 352 g/mol. The lowest BCUT2D eigenvalue weighted by Gasteiger charge is -2.17. The number of aliphatic hydroxyl groups is 1. The Kier molecular flexibility index (Phi) is 8.06. The number of carbonyl (C=O) groups is 3. The summed E-state index contributed by atoms with van der Waals surface area (Å²) >= 11 is 0. The van der Waals surface area contributed by atoms with Gasteiger partial charge >= 0.3 is 12.1 Å². The largest absolute Gasteiger partial charge is 0.467 e. The van der Waals surface area contributed by atoms with Crippen molar-refractivity contribution in [3.63, 3.8) is 0 Å². The number of amides is 2. The van der Waals surface area contributed by atoms with Crippen molar-refractivity contribution in [2.75, 3.05) is 13.7 Å². The molecule has 8 nitrogen and oxygen atoms in total. The van der Waals surface area contributed by atoms with Gasteiger partial charge in [0.1, 0.15) is 12.6 Å². The Balaban J connectivity index is 1.65. The number of nitrogens with one attached hydrogen (secondary N) is 2. The molecule has 1 aliphatic rings. The molecule has 0 heterocycles. The number of aliphatic hydroxyl groups excluding tert-OH is 1. The average molecular weight is 378 g/mol. The number of hydrogen-bond acceptors (Lipinski definition) is 6. The highest BCUT2D eigenvalue weighted by Gasteiger charge is 2.31. The molecule has 0 saturated heterocycles. The maximum absolute atomic E-state index is 12.0. The molecular formula is C19H26N2O6. The lowest BCUT2D eigenvalue weighted by atomic mass is 10.1. The normalized spacial score (nSPS) is 15.3. The number of ether oxygens (including phenoxy) is 2. The van der Waals surface area contributed by atoms with Crippen molar-refractivity contribution in [2.24, 2.45) is 5.92 Å². The van der Waals surface area contributed by atoms with Crippen molar-refractivity contribution in [2.45, 2.75) is 44.4 Å². The summed E-state index contributed by atoms with van der Waals surface area (Å²) in [6, 6.07) is 8.48. The Bertz CT molecular complexity index is 632. The van der Waals surface area contributed by atoms with Crippen LogP contribution in [-0.4, -0.2) is 48.9 Å². The van der Waals surface area contributed by atoms with Crippen molar-refractivity contribution in [1.29, 1.82) is 0 Å². The number of methoxy groups -OCH3 is 1. The van der Waals surface area contributed by atoms with Crippen molar-refractivity contribution in [3.8, 4) is 0 Å². The molecule has 1 aliphatic carbocycles. The second kappa shape index (κ2) is 10.5. The van der Waals surface area contributed by atoms with E-state index in [0.717, 1.165) is 18.4 Å². The van der Waals surface area contributed by atoms with E-state index in [1.54, 1.807) is 0 Å². The zero-order valence-electron chi connectivity index (χ0n) is 15.3. The fourth-order valence-corrected chi connectivity index (χ4v) is 2.56. The Morgan fingerprint density at radius 2 is 1.93 bits per heavy atom. The van der Waals surface area contributed by atoms with Crippen LogP contribution in [0.2, 0.25) is 0 Å². The van der Waals surface area contributed by atoms with Gasteiger partial charge in [-0.05, 0) is 17.9 Å². The summed E-state index contributed by atoms with van der Waals surface area (Å²) in [5.74, 6) is -0.536. The van der Waals surface area contributed by atoms with Gasteiger partial charge < -0.3 is 25.2 Å². The van der Waals surface area contributed by atoms with Gasteiger partial charge in [-0.2, -0.15) is 0 Å². The van der Waals surface area contributed by atoms with Gasteiger partial charge in [0.2, 0.25) is 5.91 Å². The second-order valence-electron chi connectivity index (χ2n) is 6.62. The molecule has 1 aromatic rings. The van der Waals surface area contributed by atoms with Gasteiger partial charge in [-0.3, -0.25) is 4.79 Å². The van der Waals surface area contributed by atoms with Crippen LogP contribution in [0.25, 0.3) is 0 Å². The topological polar surface area (TPSA) is 114 Å². The molecule has 0 unspecified atom stereocenters. The Labute approximate surface area is 158 Å². The van der Waals surface area contributed by atoms with E-state index >= 15 is 0 Å². The fourth-order valence-electron chi connectivity index (χ4n) is 2.56. The predicted octanol–water partition coefficient (Wildman–Crippen LogP) is 1.12. The summed E-state index contributed by atoms with van der Waals surface area (Å²) in [5, 5.41) is 14.9. The number of hydrogen-bond donors (Lipinski definition) is 3. The average Bonchev–Trinajstić information content (AvgIpc) is 3.48. The van der Waals surface area contributed by atoms with Gasteiger partial charge in [-0.1, -0.05) is 43.2 Å². The summed E-state index contributed by atoms with van der Waals surface area (Å²) in [6.07, 6.45) is 0.616. The summed E-state index contributed by atoms with van der Waals surface area (Å²) in [5.41, 5.74) is 0.845. The summed E-state index contributed by atoms with van der Waals surface area (Å²) < 4.78 is 9.72. The van der Waals surface area contributed by atoms with Crippen LogP contribution in [0.3, 0.4) is 0 Å². The molecule has 1 aromatic carbocycles. The van der Waals surface area contributed by atoms with E-state index in [1.807, 2.05) is 30.3 Å². The third-order valence-corrected chi connectivity index (χ3v) is 4.20. The van der Waals surface area contributed by atoms with E-state index in [4.69, 9.17) is 9.47 Å². The molecule has 0 radical (unpaired) electrons. The quantitative estimate of drug-likeness (QED) is 0.526. The summed E-state index contributed by atoms with van der Waals surface area (Å²) in [7, 11) is 1.27. The minimum Gasteiger partial charge on any atom is -0.467 e. The van der Waals surface area contributed by atoms with E-state index < -0.39 is 30.1 Å². The minimum atomic E-state index is -1.09. The number of carbonyl (C=O) groups excluding carboxylic acids is 3. The molecule has 0 spiro atoms. The van der Waals surface area contributed by atoms with Crippen LogP contribution in [0.15, 0.2) is 30.3 Å². The third kappa shape index (κ3) is 8.08. The monoisotopic (exact) mass is 378 g/mol. The molecule has 8 heteroatoms. The van der Waals surface area contributed by atoms with Gasteiger partial charge in [0.05, 0.1) is 19.6 Å². The fraction of sp³-hybridized carbons (Fsp3) is 0.526. The molecule has 2 amide bonds. The van der Waals surface area contributed by atoms with Crippen LogP contribution in [0.4, 0.5) is 4.79 Å². The van der Waals surface area contributed by atoms with E-state index in [2.05, 4.69) is 10.6 Å². The summed E-state index contributed by atoms with van der Waals surface area (Å²) in [4.78, 5) is 35.4. The maximum atomic E-state index is 12.0. The zero-order chi connectivity index (χ0) is 19.6. The van der Waals surface area contributed by atoms with Gasteiger partial charge in [-0.25, -0.2) is 9.59 Å². The predicted molar refractivity (Wildman–Crippen MR) is 96.5 cm³/mol. The Morgan fingerprint density at radius 1 is 1.22 bits per heavy atom. The standard InChI is InChI=1S/C19H26N2O6/c1-26-18(24)16(9-13-7-8-13)21-17(23)10-15(22)11-20-19(25)27-12-14-5-3-2-4-6-14/h2-6,13,15-16,22H,7-12H2,1H3,(H,20,25)(H,21,23)/t15-,16+/m1/s1. The van der Waals surface area contributed by atoms with Crippen molar-refractivity contribution < 1.29 is 29.0 Å². The highest BCUT2D eigenvalue weighted by Crippen LogP contribution is 2.33. The Hall–Kier alpha value is -2.61. The van der Waals surface area contributed by atoms with Crippen LogP contribution in [0, 0.1) is 5.92 Å². The third-order valence-electron chi connectivity index (χ3n) is 4.20. The van der Waals surface area contributed by atoms with E-state index in [1.165, 1.54) is 7.11 Å². The first-order valence-corrected chi connectivity index (χ1v) is 8.97. The van der Waals surface area contributed by atoms with Gasteiger partial charge in [0, 0.05) is 6.54 Å². The Morgan fingerprint density at radius 3 is 2.56 bits per heavy atom. The van der Waals surface area contributed by atoms with Gasteiger partial charge in [-0.15, -0.1) is 0 Å². The van der Waals surface area contributed by atoms with Crippen molar-refractivity contribution in [3.05, 3.63) is 35.9 Å². The smallest absolute Gasteiger partial charge is 0.407 e. The van der Waals surface area contributed by atoms with Crippen molar-refractivity contribution in [1.82, 2.24) is 10.6 Å². The highest BCUT2D eigenvalue weighted by atomic mass is 16.5. The molecule has 0 bridgehead atoms. The van der Waals surface area contributed by atoms with Crippen LogP contribution in [0.5, 0.6) is 0 Å². The first-order valence-electron chi connectivity index (χ1n) is 8.97. The lowest BCUT2D eigenvalue weighted by molar-refractivity contribution is -0.145. The first-order chi connectivity index (χ1) is 13.0. The molecule has 2 rings (SSSR count). The molecule has 1 saturated carbocycles. The molecule has 0 aliphatic heterocycles. The first kappa shape index (κ1) is 20.7. The summed E-state index contributed by atoms with van der Waals surface area (Å²) in [6.45, 7) is -0.0161. The number of alkyl carbamates (subject to hydrolysis) is 1. The molecule has 1 fully saturated rings. The van der Waals surface area contributed by atoms with Crippen molar-refractivity contribution >= 4 is 18.0 Å². The van der Waals surface area contributed by atoms with E-state index in [-0.39, 0.29) is 19.6 Å². The van der Waals surface area contributed by atoms with Gasteiger partial charge in [0.15, 0.2) is 0 Å². The lowest BCUT2D eigenvalue weighted by Crippen LogP contribution is -2.44. The number of esters is 1. The SMILES string of the molecule is COC(=O)[C@H](CC1CC1)NC(=O)C[C@@H](O)CNC(=O)OCc1ccccc1. The van der Waals surface area contributed by atoms with E-state index in [0.29, 0.717) is 12.3 Å². The molecule has 2 atom stereocenters. The maximum Gasteiger partial charge on any atom is 0.407 e. The van der Waals surface area contributed by atoms with E-state index in [9.17, 15) is 19.5 Å². The second-order valence-corrected chi connectivity index (χ2v) is 6.62. The highest BCUT2D eigenvalue weighted by molar-refractivity contribution is 5.84. The molecule has 27 heavy (non-hydrogen) atoms. The number of rotatable bonds is 10. The minimum absolute atomic E-state index is 0.116. The van der Waals surface area contributed by atoms with Crippen LogP contribution < -0.4 is 10.6 Å². The van der Waals surface area contributed by atoms with Crippen LogP contribution in [0.1, 0.15) is 31.2 Å². The van der Waals surface area contributed by atoms with Gasteiger partial charge in [0.25, 0.3) is 0 Å². The number of benzene rings is 1. The molecule has 0 aromatic heterocycles. The van der Waals surface area contributed by atoms with Crippen LogP contribution in [-0.2, 0) is 25.7 Å². The molecule has 3 N–H and O–H groups in total. The molecule has 148 valence electrons. The zero-order valence-corrected chi connectivity index (χ0v) is 15.3. The van der Waals surface area contributed by atoms with Crippen LogP contribution >= 0.6 is 0 Å².